The third-order valence-corrected chi connectivity index (χ3v) is 2.91. The van der Waals surface area contributed by atoms with Crippen LogP contribution in [-0.4, -0.2) is 24.5 Å². The average molecular weight is 361 g/mol. The Labute approximate surface area is 120 Å². The Hall–Kier alpha value is -1.31. The molecule has 0 fully saturated rings. The minimum absolute atomic E-state index is 0.362. The molecule has 1 rings (SSSR count). The minimum Gasteiger partial charge on any atom is -0.374 e. The first-order valence-corrected chi connectivity index (χ1v) is 6.71. The monoisotopic (exact) mass is 361 g/mol. The SMILES string of the molecule is CCNC(=O)NC(=O)C(C)Nc1ccc(I)cc1. The van der Waals surface area contributed by atoms with Crippen LogP contribution in [0.2, 0.25) is 0 Å². The molecule has 1 aromatic carbocycles. The van der Waals surface area contributed by atoms with Crippen LogP contribution in [0.1, 0.15) is 13.8 Å². The number of carbonyl (C=O) groups excluding carboxylic acids is 2. The molecule has 0 bridgehead atoms. The summed E-state index contributed by atoms with van der Waals surface area (Å²) in [6.07, 6.45) is 0. The van der Waals surface area contributed by atoms with Crippen molar-refractivity contribution in [3.63, 3.8) is 0 Å². The second kappa shape index (κ2) is 7.20. The molecule has 18 heavy (non-hydrogen) atoms. The number of hydrogen-bond acceptors (Lipinski definition) is 3. The summed E-state index contributed by atoms with van der Waals surface area (Å²) >= 11 is 2.21. The van der Waals surface area contributed by atoms with Crippen LogP contribution in [-0.2, 0) is 4.79 Å². The van der Waals surface area contributed by atoms with E-state index in [0.717, 1.165) is 9.26 Å². The highest BCUT2D eigenvalue weighted by Crippen LogP contribution is 2.12. The molecule has 1 atom stereocenters. The number of imide groups is 1. The number of urea groups is 1. The van der Waals surface area contributed by atoms with E-state index in [-0.39, 0.29) is 5.91 Å². The lowest BCUT2D eigenvalue weighted by atomic mass is 10.2. The largest absolute Gasteiger partial charge is 0.374 e. The number of amides is 3. The number of nitrogens with one attached hydrogen (secondary N) is 3. The maximum Gasteiger partial charge on any atom is 0.321 e. The molecule has 0 aliphatic carbocycles. The van der Waals surface area contributed by atoms with Crippen LogP contribution in [0, 0.1) is 3.57 Å². The summed E-state index contributed by atoms with van der Waals surface area (Å²) in [7, 11) is 0. The first-order valence-electron chi connectivity index (χ1n) is 5.63. The Morgan fingerprint density at radius 3 is 2.44 bits per heavy atom. The van der Waals surface area contributed by atoms with E-state index in [2.05, 4.69) is 38.5 Å². The molecule has 0 radical (unpaired) electrons. The molecule has 0 saturated heterocycles. The van der Waals surface area contributed by atoms with Crippen molar-refractivity contribution in [2.45, 2.75) is 19.9 Å². The van der Waals surface area contributed by atoms with Gasteiger partial charge in [-0.1, -0.05) is 0 Å². The number of benzene rings is 1. The number of rotatable bonds is 4. The zero-order chi connectivity index (χ0) is 13.5. The van der Waals surface area contributed by atoms with E-state index in [9.17, 15) is 9.59 Å². The van der Waals surface area contributed by atoms with Crippen LogP contribution < -0.4 is 16.0 Å². The van der Waals surface area contributed by atoms with Crippen LogP contribution in [0.4, 0.5) is 10.5 Å². The normalized spacial score (nSPS) is 11.5. The van der Waals surface area contributed by atoms with Gasteiger partial charge in [0, 0.05) is 15.8 Å². The Bertz CT molecular complexity index is 420. The van der Waals surface area contributed by atoms with Gasteiger partial charge in [-0.05, 0) is 60.7 Å². The Balaban J connectivity index is 2.49. The molecule has 3 amide bonds. The summed E-state index contributed by atoms with van der Waals surface area (Å²) in [4.78, 5) is 22.8. The van der Waals surface area contributed by atoms with Gasteiger partial charge >= 0.3 is 6.03 Å². The summed E-state index contributed by atoms with van der Waals surface area (Å²) in [5.74, 6) is -0.362. The maximum absolute atomic E-state index is 11.7. The Morgan fingerprint density at radius 1 is 1.28 bits per heavy atom. The van der Waals surface area contributed by atoms with E-state index in [1.807, 2.05) is 24.3 Å². The fourth-order valence-electron chi connectivity index (χ4n) is 1.29. The molecule has 0 spiro atoms. The van der Waals surface area contributed by atoms with Gasteiger partial charge in [0.25, 0.3) is 0 Å². The van der Waals surface area contributed by atoms with Crippen LogP contribution in [0.25, 0.3) is 0 Å². The highest BCUT2D eigenvalue weighted by Gasteiger charge is 2.14. The van der Waals surface area contributed by atoms with Gasteiger partial charge in [0.05, 0.1) is 0 Å². The van der Waals surface area contributed by atoms with Crippen LogP contribution >= 0.6 is 22.6 Å². The quantitative estimate of drug-likeness (QED) is 0.718. The molecular formula is C12H16IN3O2. The first kappa shape index (κ1) is 14.7. The van der Waals surface area contributed by atoms with E-state index < -0.39 is 12.1 Å². The van der Waals surface area contributed by atoms with Gasteiger partial charge in [-0.2, -0.15) is 0 Å². The van der Waals surface area contributed by atoms with E-state index >= 15 is 0 Å². The summed E-state index contributed by atoms with van der Waals surface area (Å²) in [5, 5.41) is 7.78. The van der Waals surface area contributed by atoms with E-state index in [4.69, 9.17) is 0 Å². The van der Waals surface area contributed by atoms with Crippen LogP contribution in [0.5, 0.6) is 0 Å². The summed E-state index contributed by atoms with van der Waals surface area (Å²) in [6.45, 7) is 3.97. The highest BCUT2D eigenvalue weighted by atomic mass is 127. The van der Waals surface area contributed by atoms with Crippen LogP contribution in [0.15, 0.2) is 24.3 Å². The number of carbonyl (C=O) groups is 2. The summed E-state index contributed by atoms with van der Waals surface area (Å²) < 4.78 is 1.12. The van der Waals surface area contributed by atoms with E-state index in [1.165, 1.54) is 0 Å². The molecule has 3 N–H and O–H groups in total. The van der Waals surface area contributed by atoms with Gasteiger partial charge in [0.1, 0.15) is 6.04 Å². The fourth-order valence-corrected chi connectivity index (χ4v) is 1.65. The predicted molar refractivity (Wildman–Crippen MR) is 79.5 cm³/mol. The van der Waals surface area contributed by atoms with Gasteiger partial charge in [-0.3, -0.25) is 10.1 Å². The molecule has 0 aliphatic heterocycles. The average Bonchev–Trinajstić information content (AvgIpc) is 2.32. The summed E-state index contributed by atoms with van der Waals surface area (Å²) in [6, 6.07) is 6.70. The van der Waals surface area contributed by atoms with Crippen molar-refractivity contribution >= 4 is 40.2 Å². The third kappa shape index (κ3) is 4.91. The van der Waals surface area contributed by atoms with Crippen molar-refractivity contribution in [1.82, 2.24) is 10.6 Å². The summed E-state index contributed by atoms with van der Waals surface area (Å²) in [5.41, 5.74) is 0.842. The molecule has 6 heteroatoms. The van der Waals surface area contributed by atoms with E-state index in [0.29, 0.717) is 6.54 Å². The third-order valence-electron chi connectivity index (χ3n) is 2.19. The van der Waals surface area contributed by atoms with Gasteiger partial charge in [0.15, 0.2) is 0 Å². The highest BCUT2D eigenvalue weighted by molar-refractivity contribution is 14.1. The lowest BCUT2D eigenvalue weighted by molar-refractivity contribution is -0.120. The van der Waals surface area contributed by atoms with Crippen molar-refractivity contribution in [3.8, 4) is 0 Å². The lowest BCUT2D eigenvalue weighted by Gasteiger charge is -2.14. The van der Waals surface area contributed by atoms with Crippen LogP contribution in [0.3, 0.4) is 0 Å². The zero-order valence-electron chi connectivity index (χ0n) is 10.3. The molecule has 98 valence electrons. The molecule has 0 aliphatic rings. The molecule has 1 aromatic rings. The Kier molecular flexibility index (Phi) is 5.90. The van der Waals surface area contributed by atoms with Gasteiger partial charge in [0.2, 0.25) is 5.91 Å². The Morgan fingerprint density at radius 2 is 1.89 bits per heavy atom. The molecule has 0 aromatic heterocycles. The fraction of sp³-hybridized carbons (Fsp3) is 0.333. The molecular weight excluding hydrogens is 345 g/mol. The minimum atomic E-state index is -0.479. The van der Waals surface area contributed by atoms with Crippen molar-refractivity contribution in [1.29, 1.82) is 0 Å². The van der Waals surface area contributed by atoms with Crippen molar-refractivity contribution in [2.24, 2.45) is 0 Å². The van der Waals surface area contributed by atoms with Gasteiger partial charge < -0.3 is 10.6 Å². The second-order valence-electron chi connectivity index (χ2n) is 3.72. The topological polar surface area (TPSA) is 70.2 Å². The van der Waals surface area contributed by atoms with Gasteiger partial charge in [-0.15, -0.1) is 0 Å². The van der Waals surface area contributed by atoms with Crippen molar-refractivity contribution in [2.75, 3.05) is 11.9 Å². The lowest BCUT2D eigenvalue weighted by Crippen LogP contribution is -2.45. The smallest absolute Gasteiger partial charge is 0.321 e. The number of hydrogen-bond donors (Lipinski definition) is 3. The standard InChI is InChI=1S/C12H16IN3O2/c1-3-14-12(18)16-11(17)8(2)15-10-6-4-9(13)5-7-10/h4-8,15H,3H2,1-2H3,(H2,14,16,17,18). The van der Waals surface area contributed by atoms with Gasteiger partial charge in [-0.25, -0.2) is 4.79 Å². The van der Waals surface area contributed by atoms with E-state index in [1.54, 1.807) is 13.8 Å². The maximum atomic E-state index is 11.7. The predicted octanol–water partition coefficient (Wildman–Crippen LogP) is 1.94. The molecule has 0 heterocycles. The van der Waals surface area contributed by atoms with Crippen molar-refractivity contribution < 1.29 is 9.59 Å². The number of halogens is 1. The second-order valence-corrected chi connectivity index (χ2v) is 4.97. The first-order chi connectivity index (χ1) is 8.52. The molecule has 0 saturated carbocycles. The zero-order valence-corrected chi connectivity index (χ0v) is 12.4. The molecule has 1 unspecified atom stereocenters. The van der Waals surface area contributed by atoms with Crippen molar-refractivity contribution in [3.05, 3.63) is 27.8 Å². The number of anilines is 1. The molecule has 5 nitrogen and oxygen atoms in total.